The molecule has 1 aromatic rings. The molecule has 0 unspecified atom stereocenters. The van der Waals surface area contributed by atoms with Crippen LogP contribution >= 0.6 is 11.6 Å². The maximum atomic E-state index is 8.64. The molecule has 1 nitrogen and oxygen atoms in total. The maximum Gasteiger partial charge on any atom is 0.0465 e. The summed E-state index contributed by atoms with van der Waals surface area (Å²) in [4.78, 5) is 0. The highest BCUT2D eigenvalue weighted by Gasteiger charge is 1.94. The Hall–Kier alpha value is -0.790. The SMILES string of the molecule is CC(=CCCO)c1ccc(Cl)cc1. The lowest BCUT2D eigenvalue weighted by Gasteiger charge is -2.00. The number of hydrogen-bond acceptors (Lipinski definition) is 1. The first kappa shape index (κ1) is 10.3. The summed E-state index contributed by atoms with van der Waals surface area (Å²) in [5, 5.41) is 9.39. The Morgan fingerprint density at radius 3 is 2.54 bits per heavy atom. The predicted molar refractivity (Wildman–Crippen MR) is 56.8 cm³/mol. The summed E-state index contributed by atoms with van der Waals surface area (Å²) >= 11 is 5.76. The summed E-state index contributed by atoms with van der Waals surface area (Å²) in [6, 6.07) is 7.69. The zero-order valence-electron chi connectivity index (χ0n) is 7.63. The first-order valence-corrected chi connectivity index (χ1v) is 4.65. The van der Waals surface area contributed by atoms with E-state index in [-0.39, 0.29) is 6.61 Å². The van der Waals surface area contributed by atoms with Gasteiger partial charge in [0.25, 0.3) is 0 Å². The van der Waals surface area contributed by atoms with E-state index < -0.39 is 0 Å². The van der Waals surface area contributed by atoms with E-state index in [4.69, 9.17) is 16.7 Å². The lowest BCUT2D eigenvalue weighted by molar-refractivity contribution is 0.303. The number of rotatable bonds is 3. The molecule has 0 saturated carbocycles. The molecule has 0 radical (unpaired) electrons. The van der Waals surface area contributed by atoms with Crippen LogP contribution in [0.4, 0.5) is 0 Å². The Labute approximate surface area is 83.7 Å². The highest BCUT2D eigenvalue weighted by atomic mass is 35.5. The van der Waals surface area contributed by atoms with Crippen LogP contribution in [-0.4, -0.2) is 11.7 Å². The molecule has 0 bridgehead atoms. The molecule has 0 saturated heterocycles. The van der Waals surface area contributed by atoms with Crippen molar-refractivity contribution in [2.75, 3.05) is 6.61 Å². The van der Waals surface area contributed by atoms with E-state index in [1.165, 1.54) is 5.57 Å². The molecule has 13 heavy (non-hydrogen) atoms. The normalized spacial score (nSPS) is 11.8. The fourth-order valence-corrected chi connectivity index (χ4v) is 1.24. The maximum absolute atomic E-state index is 8.64. The second-order valence-corrected chi connectivity index (χ2v) is 3.34. The zero-order chi connectivity index (χ0) is 9.68. The lowest BCUT2D eigenvalue weighted by Crippen LogP contribution is -1.81. The number of benzene rings is 1. The van der Waals surface area contributed by atoms with Crippen LogP contribution in [0.3, 0.4) is 0 Å². The third-order valence-corrected chi connectivity index (χ3v) is 2.13. The van der Waals surface area contributed by atoms with E-state index in [1.807, 2.05) is 37.3 Å². The van der Waals surface area contributed by atoms with Crippen LogP contribution in [0.5, 0.6) is 0 Å². The third kappa shape index (κ3) is 3.21. The minimum Gasteiger partial charge on any atom is -0.396 e. The van der Waals surface area contributed by atoms with Gasteiger partial charge in [-0.15, -0.1) is 0 Å². The summed E-state index contributed by atoms with van der Waals surface area (Å²) in [5.41, 5.74) is 2.32. The molecule has 1 aromatic carbocycles. The van der Waals surface area contributed by atoms with Crippen molar-refractivity contribution in [1.82, 2.24) is 0 Å². The zero-order valence-corrected chi connectivity index (χ0v) is 8.38. The average Bonchev–Trinajstić information content (AvgIpc) is 2.15. The standard InChI is InChI=1S/C11H13ClO/c1-9(3-2-8-13)10-4-6-11(12)7-5-10/h3-7,13H,2,8H2,1H3. The van der Waals surface area contributed by atoms with Gasteiger partial charge in [-0.3, -0.25) is 0 Å². The van der Waals surface area contributed by atoms with Crippen molar-refractivity contribution >= 4 is 17.2 Å². The highest BCUT2D eigenvalue weighted by Crippen LogP contribution is 2.17. The highest BCUT2D eigenvalue weighted by molar-refractivity contribution is 6.30. The van der Waals surface area contributed by atoms with Gasteiger partial charge in [0.15, 0.2) is 0 Å². The van der Waals surface area contributed by atoms with Gasteiger partial charge in [-0.25, -0.2) is 0 Å². The summed E-state index contributed by atoms with van der Waals surface area (Å²) in [5.74, 6) is 0. The summed E-state index contributed by atoms with van der Waals surface area (Å²) in [6.07, 6.45) is 2.72. The molecule has 0 amide bonds. The van der Waals surface area contributed by atoms with Crippen LogP contribution in [0.25, 0.3) is 5.57 Å². The molecule has 0 aromatic heterocycles. The van der Waals surface area contributed by atoms with Crippen molar-refractivity contribution in [3.63, 3.8) is 0 Å². The predicted octanol–water partition coefficient (Wildman–Crippen LogP) is 3.13. The summed E-state index contributed by atoms with van der Waals surface area (Å²) in [7, 11) is 0. The molecule has 0 aliphatic heterocycles. The van der Waals surface area contributed by atoms with Crippen LogP contribution in [-0.2, 0) is 0 Å². The first-order valence-electron chi connectivity index (χ1n) is 4.27. The largest absolute Gasteiger partial charge is 0.396 e. The van der Waals surface area contributed by atoms with Crippen molar-refractivity contribution < 1.29 is 5.11 Å². The summed E-state index contributed by atoms with van der Waals surface area (Å²) < 4.78 is 0. The van der Waals surface area contributed by atoms with Gasteiger partial charge in [0.2, 0.25) is 0 Å². The number of aliphatic hydroxyl groups is 1. The van der Waals surface area contributed by atoms with E-state index in [9.17, 15) is 0 Å². The number of aliphatic hydroxyl groups excluding tert-OH is 1. The third-order valence-electron chi connectivity index (χ3n) is 1.88. The Balaban J connectivity index is 2.77. The van der Waals surface area contributed by atoms with Gasteiger partial charge in [0.05, 0.1) is 0 Å². The Morgan fingerprint density at radius 2 is 2.00 bits per heavy atom. The van der Waals surface area contributed by atoms with Crippen LogP contribution in [0.2, 0.25) is 5.02 Å². The number of allylic oxidation sites excluding steroid dienone is 1. The fourth-order valence-electron chi connectivity index (χ4n) is 1.11. The van der Waals surface area contributed by atoms with Crippen molar-refractivity contribution in [3.05, 3.63) is 40.9 Å². The average molecular weight is 197 g/mol. The molecule has 0 atom stereocenters. The van der Waals surface area contributed by atoms with Gasteiger partial charge in [-0.2, -0.15) is 0 Å². The number of halogens is 1. The van der Waals surface area contributed by atoms with Gasteiger partial charge in [-0.05, 0) is 36.6 Å². The van der Waals surface area contributed by atoms with E-state index in [0.717, 1.165) is 10.6 Å². The van der Waals surface area contributed by atoms with Crippen LogP contribution < -0.4 is 0 Å². The van der Waals surface area contributed by atoms with E-state index in [1.54, 1.807) is 0 Å². The van der Waals surface area contributed by atoms with Gasteiger partial charge >= 0.3 is 0 Å². The van der Waals surface area contributed by atoms with Gasteiger partial charge in [0, 0.05) is 11.6 Å². The van der Waals surface area contributed by atoms with E-state index >= 15 is 0 Å². The second-order valence-electron chi connectivity index (χ2n) is 2.91. The molecule has 0 heterocycles. The van der Waals surface area contributed by atoms with Gasteiger partial charge < -0.3 is 5.11 Å². The minimum absolute atomic E-state index is 0.199. The lowest BCUT2D eigenvalue weighted by atomic mass is 10.1. The van der Waals surface area contributed by atoms with Crippen LogP contribution in [0, 0.1) is 0 Å². The Bertz CT molecular complexity index is 287. The molecular formula is C11H13ClO. The molecule has 1 N–H and O–H groups in total. The molecule has 0 aliphatic rings. The van der Waals surface area contributed by atoms with Crippen molar-refractivity contribution in [2.45, 2.75) is 13.3 Å². The molecular weight excluding hydrogens is 184 g/mol. The van der Waals surface area contributed by atoms with Crippen molar-refractivity contribution in [1.29, 1.82) is 0 Å². The molecule has 0 aliphatic carbocycles. The number of hydrogen-bond donors (Lipinski definition) is 1. The van der Waals surface area contributed by atoms with Crippen LogP contribution in [0.15, 0.2) is 30.3 Å². The molecule has 0 spiro atoms. The van der Waals surface area contributed by atoms with E-state index in [0.29, 0.717) is 6.42 Å². The molecule has 2 heteroatoms. The topological polar surface area (TPSA) is 20.2 Å². The monoisotopic (exact) mass is 196 g/mol. The van der Waals surface area contributed by atoms with Crippen molar-refractivity contribution in [3.8, 4) is 0 Å². The first-order chi connectivity index (χ1) is 6.24. The Kier molecular flexibility index (Phi) is 4.00. The van der Waals surface area contributed by atoms with E-state index in [2.05, 4.69) is 0 Å². The molecule has 1 rings (SSSR count). The van der Waals surface area contributed by atoms with Gasteiger partial charge in [0.1, 0.15) is 0 Å². The second kappa shape index (κ2) is 5.05. The molecule has 70 valence electrons. The molecule has 0 fully saturated rings. The summed E-state index contributed by atoms with van der Waals surface area (Å²) in [6.45, 7) is 2.23. The smallest absolute Gasteiger partial charge is 0.0465 e. The van der Waals surface area contributed by atoms with Crippen molar-refractivity contribution in [2.24, 2.45) is 0 Å². The quantitative estimate of drug-likeness (QED) is 0.788. The van der Waals surface area contributed by atoms with Gasteiger partial charge in [-0.1, -0.05) is 29.8 Å². The fraction of sp³-hybridized carbons (Fsp3) is 0.273. The van der Waals surface area contributed by atoms with Crippen LogP contribution in [0.1, 0.15) is 18.9 Å². The Morgan fingerprint density at radius 1 is 1.38 bits per heavy atom. The minimum atomic E-state index is 0.199.